The van der Waals surface area contributed by atoms with Crippen LogP contribution in [0.1, 0.15) is 5.56 Å². The molecule has 0 heterocycles. The summed E-state index contributed by atoms with van der Waals surface area (Å²) in [6, 6.07) is 8.18. The van der Waals surface area contributed by atoms with Gasteiger partial charge in [-0.3, -0.25) is 4.90 Å². The molecule has 0 unspecified atom stereocenters. The predicted molar refractivity (Wildman–Crippen MR) is 59.3 cm³/mol. The Kier molecular flexibility index (Phi) is 4.01. The Hall–Kier alpha value is -0.780. The Balaban J connectivity index is 2.64. The first-order chi connectivity index (χ1) is 6.24. The van der Waals surface area contributed by atoms with E-state index in [4.69, 9.17) is 6.42 Å². The maximum Gasteiger partial charge on any atom is 0.0599 e. The lowest BCUT2D eigenvalue weighted by Gasteiger charge is -2.13. The Labute approximate surface area is 87.9 Å². The van der Waals surface area contributed by atoms with Crippen LogP contribution in [-0.2, 0) is 6.54 Å². The summed E-state index contributed by atoms with van der Waals surface area (Å²) in [6.07, 6.45) is 5.22. The Morgan fingerprint density at radius 2 is 2.15 bits per heavy atom. The van der Waals surface area contributed by atoms with E-state index in [1.54, 1.807) is 0 Å². The van der Waals surface area contributed by atoms with Gasteiger partial charge in [0.25, 0.3) is 0 Å². The monoisotopic (exact) mass is 237 g/mol. The Morgan fingerprint density at radius 3 is 2.77 bits per heavy atom. The molecule has 0 spiro atoms. The van der Waals surface area contributed by atoms with E-state index in [2.05, 4.69) is 32.8 Å². The standard InChI is InChI=1S/C11H12BrN/c1-3-8-13(2)9-10-6-4-5-7-11(10)12/h1,4-7H,8-9H2,2H3. The molecule has 0 saturated carbocycles. The van der Waals surface area contributed by atoms with Crippen LogP contribution in [0.25, 0.3) is 0 Å². The van der Waals surface area contributed by atoms with E-state index in [1.807, 2.05) is 25.2 Å². The van der Waals surface area contributed by atoms with Gasteiger partial charge < -0.3 is 0 Å². The molecule has 1 aromatic rings. The minimum Gasteiger partial charge on any atom is -0.291 e. The lowest BCUT2D eigenvalue weighted by molar-refractivity contribution is 0.368. The predicted octanol–water partition coefficient (Wildman–Crippen LogP) is 2.51. The minimum atomic E-state index is 0.682. The summed E-state index contributed by atoms with van der Waals surface area (Å²) in [6.45, 7) is 1.56. The summed E-state index contributed by atoms with van der Waals surface area (Å²) < 4.78 is 1.14. The molecule has 13 heavy (non-hydrogen) atoms. The van der Waals surface area contributed by atoms with E-state index in [9.17, 15) is 0 Å². The summed E-state index contributed by atoms with van der Waals surface area (Å²) in [5, 5.41) is 0. The average molecular weight is 238 g/mol. The van der Waals surface area contributed by atoms with Gasteiger partial charge in [-0.15, -0.1) is 6.42 Å². The molecule has 0 atom stereocenters. The highest BCUT2D eigenvalue weighted by atomic mass is 79.9. The van der Waals surface area contributed by atoms with Crippen LogP contribution in [0.2, 0.25) is 0 Å². The molecule has 0 fully saturated rings. The van der Waals surface area contributed by atoms with E-state index in [0.29, 0.717) is 6.54 Å². The number of benzene rings is 1. The summed E-state index contributed by atoms with van der Waals surface area (Å²) in [5.74, 6) is 2.62. The number of hydrogen-bond acceptors (Lipinski definition) is 1. The molecule has 1 nitrogen and oxygen atoms in total. The second kappa shape index (κ2) is 5.06. The highest BCUT2D eigenvalue weighted by Gasteiger charge is 2.01. The van der Waals surface area contributed by atoms with E-state index in [1.165, 1.54) is 5.56 Å². The van der Waals surface area contributed by atoms with Crippen LogP contribution in [0.15, 0.2) is 28.7 Å². The summed E-state index contributed by atoms with van der Waals surface area (Å²) in [7, 11) is 2.01. The van der Waals surface area contributed by atoms with Crippen LogP contribution < -0.4 is 0 Å². The number of halogens is 1. The van der Waals surface area contributed by atoms with Gasteiger partial charge in [-0.25, -0.2) is 0 Å². The lowest BCUT2D eigenvalue weighted by atomic mass is 10.2. The van der Waals surface area contributed by atoms with Crippen molar-refractivity contribution in [1.82, 2.24) is 4.90 Å². The van der Waals surface area contributed by atoms with Crippen LogP contribution in [0.3, 0.4) is 0 Å². The molecule has 0 aliphatic carbocycles. The van der Waals surface area contributed by atoms with Crippen molar-refractivity contribution < 1.29 is 0 Å². The molecule has 0 aromatic heterocycles. The largest absolute Gasteiger partial charge is 0.291 e. The van der Waals surface area contributed by atoms with E-state index < -0.39 is 0 Å². The zero-order chi connectivity index (χ0) is 9.68. The SMILES string of the molecule is C#CCN(C)Cc1ccccc1Br. The fourth-order valence-corrected chi connectivity index (χ4v) is 1.54. The van der Waals surface area contributed by atoms with Gasteiger partial charge in [0.05, 0.1) is 6.54 Å². The zero-order valence-corrected chi connectivity index (χ0v) is 9.21. The van der Waals surface area contributed by atoms with E-state index in [0.717, 1.165) is 11.0 Å². The zero-order valence-electron chi connectivity index (χ0n) is 7.63. The van der Waals surface area contributed by atoms with Crippen molar-refractivity contribution in [2.75, 3.05) is 13.6 Å². The maximum atomic E-state index is 5.22. The Bertz CT molecular complexity index is 314. The van der Waals surface area contributed by atoms with Gasteiger partial charge in [-0.1, -0.05) is 40.0 Å². The van der Waals surface area contributed by atoms with Crippen molar-refractivity contribution in [3.8, 4) is 12.3 Å². The molecule has 0 bridgehead atoms. The fourth-order valence-electron chi connectivity index (χ4n) is 1.13. The summed E-state index contributed by atoms with van der Waals surface area (Å²) >= 11 is 3.50. The van der Waals surface area contributed by atoms with E-state index >= 15 is 0 Å². The molecule has 0 amide bonds. The van der Waals surface area contributed by atoms with Gasteiger partial charge in [-0.2, -0.15) is 0 Å². The van der Waals surface area contributed by atoms with Crippen molar-refractivity contribution in [3.63, 3.8) is 0 Å². The van der Waals surface area contributed by atoms with Gasteiger partial charge in [0.1, 0.15) is 0 Å². The molecule has 0 radical (unpaired) electrons. The summed E-state index contributed by atoms with van der Waals surface area (Å²) in [5.41, 5.74) is 1.26. The van der Waals surface area contributed by atoms with Crippen molar-refractivity contribution in [2.45, 2.75) is 6.54 Å². The molecular formula is C11H12BrN. The van der Waals surface area contributed by atoms with Crippen molar-refractivity contribution >= 4 is 15.9 Å². The normalized spacial score (nSPS) is 10.0. The number of terminal acetylenes is 1. The van der Waals surface area contributed by atoms with Crippen LogP contribution in [0.4, 0.5) is 0 Å². The third-order valence-corrected chi connectivity index (χ3v) is 2.53. The molecule has 0 aliphatic heterocycles. The number of nitrogens with zero attached hydrogens (tertiary/aromatic N) is 1. The van der Waals surface area contributed by atoms with Gasteiger partial charge in [0.2, 0.25) is 0 Å². The van der Waals surface area contributed by atoms with Crippen LogP contribution in [-0.4, -0.2) is 18.5 Å². The number of hydrogen-bond donors (Lipinski definition) is 0. The van der Waals surface area contributed by atoms with Crippen LogP contribution in [0.5, 0.6) is 0 Å². The lowest BCUT2D eigenvalue weighted by Crippen LogP contribution is -2.17. The van der Waals surface area contributed by atoms with Crippen molar-refractivity contribution in [2.24, 2.45) is 0 Å². The van der Waals surface area contributed by atoms with Gasteiger partial charge in [0.15, 0.2) is 0 Å². The second-order valence-corrected chi connectivity index (χ2v) is 3.82. The third kappa shape index (κ3) is 3.22. The topological polar surface area (TPSA) is 3.24 Å². The molecule has 0 aliphatic rings. The van der Waals surface area contributed by atoms with Gasteiger partial charge in [0, 0.05) is 11.0 Å². The molecular weight excluding hydrogens is 226 g/mol. The van der Waals surface area contributed by atoms with Crippen molar-refractivity contribution in [3.05, 3.63) is 34.3 Å². The number of rotatable bonds is 3. The molecule has 0 N–H and O–H groups in total. The second-order valence-electron chi connectivity index (χ2n) is 2.97. The van der Waals surface area contributed by atoms with E-state index in [-0.39, 0.29) is 0 Å². The first-order valence-corrected chi connectivity index (χ1v) is 4.88. The third-order valence-electron chi connectivity index (χ3n) is 1.76. The molecule has 1 rings (SSSR count). The maximum absolute atomic E-state index is 5.22. The Morgan fingerprint density at radius 1 is 1.46 bits per heavy atom. The quantitative estimate of drug-likeness (QED) is 0.731. The van der Waals surface area contributed by atoms with Gasteiger partial charge in [-0.05, 0) is 18.7 Å². The molecule has 68 valence electrons. The molecule has 1 aromatic carbocycles. The van der Waals surface area contributed by atoms with Crippen LogP contribution in [0, 0.1) is 12.3 Å². The van der Waals surface area contributed by atoms with Crippen LogP contribution >= 0.6 is 15.9 Å². The fraction of sp³-hybridized carbons (Fsp3) is 0.273. The molecule has 2 heteroatoms. The first kappa shape index (κ1) is 10.3. The summed E-state index contributed by atoms with van der Waals surface area (Å²) in [4.78, 5) is 2.10. The first-order valence-electron chi connectivity index (χ1n) is 4.09. The highest BCUT2D eigenvalue weighted by molar-refractivity contribution is 9.10. The smallest absolute Gasteiger partial charge is 0.0599 e. The van der Waals surface area contributed by atoms with Crippen molar-refractivity contribution in [1.29, 1.82) is 0 Å². The minimum absolute atomic E-state index is 0.682. The molecule has 0 saturated heterocycles. The van der Waals surface area contributed by atoms with Gasteiger partial charge >= 0.3 is 0 Å². The highest BCUT2D eigenvalue weighted by Crippen LogP contribution is 2.16. The average Bonchev–Trinajstić information content (AvgIpc) is 2.09.